The average molecular weight is 228 g/mol. The first-order valence-corrected chi connectivity index (χ1v) is 6.32. The molecule has 2 fully saturated rings. The van der Waals surface area contributed by atoms with Gasteiger partial charge in [-0.15, -0.1) is 0 Å². The molecular weight excluding hydrogens is 204 g/mol. The predicted molar refractivity (Wildman–Crippen MR) is 63.4 cm³/mol. The van der Waals surface area contributed by atoms with E-state index in [2.05, 4.69) is 18.7 Å². The Morgan fingerprint density at radius 3 is 2.81 bits per heavy atom. The molecule has 4 heteroatoms. The Bertz CT molecular complexity index is 227. The molecule has 0 bridgehead atoms. The molecule has 0 aromatic heterocycles. The van der Waals surface area contributed by atoms with Gasteiger partial charge in [0.15, 0.2) is 0 Å². The van der Waals surface area contributed by atoms with Crippen molar-refractivity contribution in [3.63, 3.8) is 0 Å². The Balaban J connectivity index is 1.97. The number of ether oxygens (including phenoxy) is 2. The van der Waals surface area contributed by atoms with Gasteiger partial charge in [-0.3, -0.25) is 4.90 Å². The van der Waals surface area contributed by atoms with Crippen LogP contribution in [-0.4, -0.2) is 55.5 Å². The number of rotatable bonds is 3. The van der Waals surface area contributed by atoms with E-state index in [1.165, 1.54) is 6.42 Å². The first kappa shape index (κ1) is 12.3. The van der Waals surface area contributed by atoms with Gasteiger partial charge < -0.3 is 15.2 Å². The summed E-state index contributed by atoms with van der Waals surface area (Å²) in [5, 5.41) is 0. The summed E-state index contributed by atoms with van der Waals surface area (Å²) in [6.45, 7) is 8.59. The van der Waals surface area contributed by atoms with E-state index in [9.17, 15) is 0 Å². The largest absolute Gasteiger partial charge is 0.377 e. The number of morpholine rings is 1. The van der Waals surface area contributed by atoms with Crippen molar-refractivity contribution in [2.24, 2.45) is 5.73 Å². The first-order chi connectivity index (χ1) is 7.62. The third-order valence-corrected chi connectivity index (χ3v) is 3.56. The van der Waals surface area contributed by atoms with E-state index >= 15 is 0 Å². The lowest BCUT2D eigenvalue weighted by molar-refractivity contribution is -0.110. The molecule has 2 unspecified atom stereocenters. The van der Waals surface area contributed by atoms with Crippen molar-refractivity contribution in [2.75, 3.05) is 32.8 Å². The number of hydrogen-bond acceptors (Lipinski definition) is 4. The zero-order valence-corrected chi connectivity index (χ0v) is 10.4. The summed E-state index contributed by atoms with van der Waals surface area (Å²) in [5.74, 6) is 0. The lowest BCUT2D eigenvalue weighted by Gasteiger charge is -2.43. The molecule has 0 radical (unpaired) electrons. The molecule has 2 atom stereocenters. The van der Waals surface area contributed by atoms with Gasteiger partial charge in [-0.05, 0) is 26.7 Å². The fourth-order valence-corrected chi connectivity index (χ4v) is 2.78. The average Bonchev–Trinajstić information content (AvgIpc) is 2.71. The van der Waals surface area contributed by atoms with Gasteiger partial charge in [0.1, 0.15) is 0 Å². The van der Waals surface area contributed by atoms with E-state index in [0.29, 0.717) is 18.7 Å². The van der Waals surface area contributed by atoms with Crippen LogP contribution in [-0.2, 0) is 9.47 Å². The molecule has 2 aliphatic heterocycles. The molecule has 2 heterocycles. The van der Waals surface area contributed by atoms with E-state index in [-0.39, 0.29) is 5.60 Å². The van der Waals surface area contributed by atoms with Gasteiger partial charge in [-0.1, -0.05) is 0 Å². The molecule has 0 aliphatic carbocycles. The molecule has 16 heavy (non-hydrogen) atoms. The van der Waals surface area contributed by atoms with E-state index in [0.717, 1.165) is 32.7 Å². The Morgan fingerprint density at radius 2 is 2.25 bits per heavy atom. The molecule has 0 aromatic carbocycles. The highest BCUT2D eigenvalue weighted by atomic mass is 16.5. The van der Waals surface area contributed by atoms with Crippen LogP contribution in [0.15, 0.2) is 0 Å². The molecule has 2 rings (SSSR count). The molecular formula is C12H24N2O2. The summed E-state index contributed by atoms with van der Waals surface area (Å²) in [6.07, 6.45) is 2.66. The van der Waals surface area contributed by atoms with Crippen molar-refractivity contribution in [3.05, 3.63) is 0 Å². The smallest absolute Gasteiger partial charge is 0.0753 e. The van der Waals surface area contributed by atoms with Crippen molar-refractivity contribution in [1.29, 1.82) is 0 Å². The maximum atomic E-state index is 5.91. The van der Waals surface area contributed by atoms with Crippen LogP contribution in [0.1, 0.15) is 26.7 Å². The van der Waals surface area contributed by atoms with Gasteiger partial charge >= 0.3 is 0 Å². The van der Waals surface area contributed by atoms with Crippen LogP contribution in [0.2, 0.25) is 0 Å². The third-order valence-electron chi connectivity index (χ3n) is 3.56. The van der Waals surface area contributed by atoms with Gasteiger partial charge in [0, 0.05) is 32.3 Å². The van der Waals surface area contributed by atoms with E-state index < -0.39 is 0 Å². The van der Waals surface area contributed by atoms with Gasteiger partial charge in [0.05, 0.1) is 18.3 Å². The van der Waals surface area contributed by atoms with E-state index in [4.69, 9.17) is 15.2 Å². The maximum Gasteiger partial charge on any atom is 0.0753 e. The standard InChI is InChI=1S/C12H24N2O2/c1-12(2)9-14(5-7-16-12)10(8-13)11-4-3-6-15-11/h10-11H,3-9,13H2,1-2H3. The van der Waals surface area contributed by atoms with Crippen molar-refractivity contribution in [1.82, 2.24) is 4.90 Å². The Labute approximate surface area is 98.1 Å². The van der Waals surface area contributed by atoms with Crippen molar-refractivity contribution >= 4 is 0 Å². The van der Waals surface area contributed by atoms with Gasteiger partial charge in [0.25, 0.3) is 0 Å². The Kier molecular flexibility index (Phi) is 3.85. The molecule has 0 aromatic rings. The van der Waals surface area contributed by atoms with E-state index in [1.54, 1.807) is 0 Å². The summed E-state index contributed by atoms with van der Waals surface area (Å²) in [6, 6.07) is 0.366. The molecule has 0 saturated carbocycles. The number of hydrogen-bond donors (Lipinski definition) is 1. The minimum Gasteiger partial charge on any atom is -0.377 e. The van der Waals surface area contributed by atoms with Crippen molar-refractivity contribution in [3.8, 4) is 0 Å². The van der Waals surface area contributed by atoms with Gasteiger partial charge in [-0.2, -0.15) is 0 Å². The Morgan fingerprint density at radius 1 is 1.44 bits per heavy atom. The molecule has 0 amide bonds. The number of nitrogens with zero attached hydrogens (tertiary/aromatic N) is 1. The SMILES string of the molecule is CC1(C)CN(C(CN)C2CCCO2)CCO1. The molecule has 4 nitrogen and oxygen atoms in total. The third kappa shape index (κ3) is 2.74. The normalized spacial score (nSPS) is 32.8. The second-order valence-electron chi connectivity index (χ2n) is 5.43. The van der Waals surface area contributed by atoms with Crippen LogP contribution in [0.4, 0.5) is 0 Å². The second kappa shape index (κ2) is 5.00. The van der Waals surface area contributed by atoms with Gasteiger partial charge in [0.2, 0.25) is 0 Å². The minimum absolute atomic E-state index is 0.0513. The highest BCUT2D eigenvalue weighted by molar-refractivity contribution is 4.89. The zero-order valence-electron chi connectivity index (χ0n) is 10.4. The summed E-state index contributed by atoms with van der Waals surface area (Å²) >= 11 is 0. The zero-order chi connectivity index (χ0) is 11.6. The van der Waals surface area contributed by atoms with Crippen molar-refractivity contribution < 1.29 is 9.47 Å². The molecule has 0 spiro atoms. The fraction of sp³-hybridized carbons (Fsp3) is 1.00. The topological polar surface area (TPSA) is 47.7 Å². The van der Waals surface area contributed by atoms with Crippen LogP contribution in [0.5, 0.6) is 0 Å². The molecule has 2 N–H and O–H groups in total. The minimum atomic E-state index is -0.0513. The molecule has 2 aliphatic rings. The summed E-state index contributed by atoms with van der Waals surface area (Å²) < 4.78 is 11.5. The molecule has 2 saturated heterocycles. The second-order valence-corrected chi connectivity index (χ2v) is 5.43. The van der Waals surface area contributed by atoms with Gasteiger partial charge in [-0.25, -0.2) is 0 Å². The quantitative estimate of drug-likeness (QED) is 0.768. The Hall–Kier alpha value is -0.160. The van der Waals surface area contributed by atoms with Crippen LogP contribution in [0.25, 0.3) is 0 Å². The lowest BCUT2D eigenvalue weighted by atomic mass is 10.0. The van der Waals surface area contributed by atoms with Crippen molar-refractivity contribution in [2.45, 2.75) is 44.4 Å². The monoisotopic (exact) mass is 228 g/mol. The predicted octanol–water partition coefficient (Wildman–Crippen LogP) is 0.604. The summed E-state index contributed by atoms with van der Waals surface area (Å²) in [7, 11) is 0. The van der Waals surface area contributed by atoms with Crippen LogP contribution < -0.4 is 5.73 Å². The summed E-state index contributed by atoms with van der Waals surface area (Å²) in [5.41, 5.74) is 5.86. The summed E-state index contributed by atoms with van der Waals surface area (Å²) in [4.78, 5) is 2.44. The van der Waals surface area contributed by atoms with E-state index in [1.807, 2.05) is 0 Å². The first-order valence-electron chi connectivity index (χ1n) is 6.32. The lowest BCUT2D eigenvalue weighted by Crippen LogP contribution is -2.57. The maximum absolute atomic E-state index is 5.91. The van der Waals surface area contributed by atoms with Crippen LogP contribution in [0.3, 0.4) is 0 Å². The molecule has 94 valence electrons. The fourth-order valence-electron chi connectivity index (χ4n) is 2.78. The van der Waals surface area contributed by atoms with Crippen LogP contribution in [0, 0.1) is 0 Å². The highest BCUT2D eigenvalue weighted by Gasteiger charge is 2.35. The van der Waals surface area contributed by atoms with Crippen LogP contribution >= 0.6 is 0 Å². The number of nitrogens with two attached hydrogens (primary N) is 1. The highest BCUT2D eigenvalue weighted by Crippen LogP contribution is 2.24.